The molecule has 2 atom stereocenters. The van der Waals surface area contributed by atoms with Gasteiger partial charge in [-0.2, -0.15) is 0 Å². The predicted octanol–water partition coefficient (Wildman–Crippen LogP) is 1.70. The molecule has 3 aromatic rings. The Labute approximate surface area is 356 Å². The van der Waals surface area contributed by atoms with Gasteiger partial charge in [-0.3, -0.25) is 24.6 Å². The molecule has 4 fully saturated rings. The molecule has 17 nitrogen and oxygen atoms in total. The van der Waals surface area contributed by atoms with Gasteiger partial charge in [-0.1, -0.05) is 24.3 Å². The molecule has 4 saturated heterocycles. The second kappa shape index (κ2) is 18.2. The molecule has 2 unspecified atom stereocenters. The first-order valence-corrected chi connectivity index (χ1v) is 21.5. The van der Waals surface area contributed by atoms with Gasteiger partial charge in [0.2, 0.25) is 23.7 Å². The molecular formula is C44H58N12O5. The number of aromatic nitrogens is 2. The van der Waals surface area contributed by atoms with Crippen LogP contribution in [0, 0.1) is 0 Å². The Hall–Kier alpha value is -6.23. The van der Waals surface area contributed by atoms with Crippen LogP contribution in [0.1, 0.15) is 55.6 Å². The number of carbonyl (C=O) groups excluding carboxylic acids is 3. The number of piperidine rings is 3. The third-order valence-electron chi connectivity index (χ3n) is 12.9. The van der Waals surface area contributed by atoms with E-state index in [0.717, 1.165) is 68.0 Å². The quantitative estimate of drug-likeness (QED) is 0.145. The number of benzene rings is 2. The summed E-state index contributed by atoms with van der Waals surface area (Å²) in [5.74, 6) is 1.70. The molecule has 8 rings (SSSR count). The Kier molecular flexibility index (Phi) is 12.4. The molecular weight excluding hydrogens is 777 g/mol. The minimum absolute atomic E-state index is 0.0879. The number of carbonyl (C=O) groups is 3. The van der Waals surface area contributed by atoms with Gasteiger partial charge in [0.1, 0.15) is 30.0 Å². The van der Waals surface area contributed by atoms with Crippen LogP contribution in [0.5, 0.6) is 11.5 Å². The normalized spacial score (nSPS) is 21.7. The predicted molar refractivity (Wildman–Crippen MR) is 233 cm³/mol. The van der Waals surface area contributed by atoms with Gasteiger partial charge in [-0.25, -0.2) is 9.97 Å². The van der Waals surface area contributed by atoms with Gasteiger partial charge >= 0.3 is 0 Å². The van der Waals surface area contributed by atoms with Crippen molar-refractivity contribution in [2.75, 3.05) is 93.8 Å². The lowest BCUT2D eigenvalue weighted by Gasteiger charge is -2.40. The highest BCUT2D eigenvalue weighted by Crippen LogP contribution is 2.43. The summed E-state index contributed by atoms with van der Waals surface area (Å²) in [5, 5.41) is 12.8. The van der Waals surface area contributed by atoms with Crippen molar-refractivity contribution in [1.82, 2.24) is 30.0 Å². The SMILES string of the molecule is CN(c1ncc(N2CCN(C(=O)CN3CCC(c4cccc5c4OCCN5C4CCC(=O)NC4=O)CC3)CC2)cn1)C1CCCN(C(/C=C(\N)c2ccccc2O)=C(N)N)C1. The van der Waals surface area contributed by atoms with Gasteiger partial charge in [-0.05, 0) is 81.0 Å². The number of para-hydroxylation sites is 2. The van der Waals surface area contributed by atoms with E-state index in [1.165, 1.54) is 0 Å². The van der Waals surface area contributed by atoms with E-state index in [9.17, 15) is 19.5 Å². The fourth-order valence-electron chi connectivity index (χ4n) is 9.44. The summed E-state index contributed by atoms with van der Waals surface area (Å²) in [4.78, 5) is 60.3. The van der Waals surface area contributed by atoms with E-state index in [0.29, 0.717) is 94.1 Å². The van der Waals surface area contributed by atoms with Crippen LogP contribution in [-0.2, 0) is 14.4 Å². The Morgan fingerprint density at radius 2 is 1.67 bits per heavy atom. The lowest BCUT2D eigenvalue weighted by atomic mass is 9.87. The summed E-state index contributed by atoms with van der Waals surface area (Å²) in [7, 11) is 2.00. The van der Waals surface area contributed by atoms with Crippen LogP contribution in [0.4, 0.5) is 17.3 Å². The second-order valence-electron chi connectivity index (χ2n) is 16.7. The van der Waals surface area contributed by atoms with Crippen LogP contribution in [0.2, 0.25) is 0 Å². The molecule has 5 aliphatic rings. The molecule has 17 heteroatoms. The lowest BCUT2D eigenvalue weighted by Crippen LogP contribution is -2.54. The van der Waals surface area contributed by atoms with Gasteiger partial charge in [-0.15, -0.1) is 0 Å². The maximum Gasteiger partial charge on any atom is 0.249 e. The molecule has 61 heavy (non-hydrogen) atoms. The van der Waals surface area contributed by atoms with Gasteiger partial charge in [0.05, 0.1) is 42.6 Å². The molecule has 8 N–H and O–H groups in total. The molecule has 2 aromatic carbocycles. The zero-order chi connectivity index (χ0) is 42.6. The number of piperazine rings is 1. The fourth-order valence-corrected chi connectivity index (χ4v) is 9.44. The van der Waals surface area contributed by atoms with E-state index in [2.05, 4.69) is 35.9 Å². The van der Waals surface area contributed by atoms with Crippen molar-refractivity contribution in [3.63, 3.8) is 0 Å². The zero-order valence-corrected chi connectivity index (χ0v) is 34.9. The third-order valence-corrected chi connectivity index (χ3v) is 12.9. The molecule has 324 valence electrons. The summed E-state index contributed by atoms with van der Waals surface area (Å²) in [6, 6.07) is 12.8. The van der Waals surface area contributed by atoms with Crippen LogP contribution in [0.15, 0.2) is 72.5 Å². The largest absolute Gasteiger partial charge is 0.507 e. The summed E-state index contributed by atoms with van der Waals surface area (Å²) in [6.07, 6.45) is 9.98. The number of likely N-dealkylation sites (N-methyl/N-ethyl adjacent to an activating group) is 1. The molecule has 0 saturated carbocycles. The van der Waals surface area contributed by atoms with Crippen molar-refractivity contribution in [2.45, 2.75) is 56.5 Å². The summed E-state index contributed by atoms with van der Waals surface area (Å²) >= 11 is 0. The Morgan fingerprint density at radius 3 is 2.39 bits per heavy atom. The number of anilines is 3. The van der Waals surface area contributed by atoms with Crippen LogP contribution in [0.3, 0.4) is 0 Å². The second-order valence-corrected chi connectivity index (χ2v) is 16.7. The fraction of sp³-hybridized carbons (Fsp3) is 0.477. The minimum atomic E-state index is -0.379. The van der Waals surface area contributed by atoms with Gasteiger partial charge in [0.25, 0.3) is 0 Å². The van der Waals surface area contributed by atoms with Gasteiger partial charge in [0, 0.05) is 70.0 Å². The highest BCUT2D eigenvalue weighted by Gasteiger charge is 2.37. The average molecular weight is 835 g/mol. The molecule has 6 heterocycles. The van der Waals surface area contributed by atoms with Crippen molar-refractivity contribution in [3.05, 3.63) is 83.6 Å². The average Bonchev–Trinajstić information content (AvgIpc) is 3.28. The van der Waals surface area contributed by atoms with Crippen LogP contribution < -0.4 is 42.0 Å². The van der Waals surface area contributed by atoms with Crippen molar-refractivity contribution < 1.29 is 24.2 Å². The number of phenolic OH excluding ortho intramolecular Hbond substituents is 1. The van der Waals surface area contributed by atoms with Gasteiger partial charge in [0.15, 0.2) is 0 Å². The molecule has 0 aliphatic carbocycles. The first kappa shape index (κ1) is 41.5. The number of phenols is 1. The molecule has 0 spiro atoms. The van der Waals surface area contributed by atoms with Crippen molar-refractivity contribution in [3.8, 4) is 11.5 Å². The number of rotatable bonds is 10. The topological polar surface area (TPSA) is 216 Å². The number of imide groups is 1. The monoisotopic (exact) mass is 834 g/mol. The highest BCUT2D eigenvalue weighted by atomic mass is 16.5. The number of nitrogens with two attached hydrogens (primary N) is 3. The number of amides is 3. The number of nitrogens with one attached hydrogen (secondary N) is 1. The minimum Gasteiger partial charge on any atom is -0.507 e. The summed E-state index contributed by atoms with van der Waals surface area (Å²) < 4.78 is 6.23. The van der Waals surface area contributed by atoms with E-state index in [1.54, 1.807) is 24.3 Å². The number of ether oxygens (including phenoxy) is 1. The smallest absolute Gasteiger partial charge is 0.249 e. The number of aromatic hydroxyl groups is 1. The van der Waals surface area contributed by atoms with Crippen molar-refractivity contribution >= 4 is 40.7 Å². The standard InChI is InChI=1S/C44H58N12O5/c1-51(30-6-5-15-55(27-30)37(42(46)47)24-34(45)33-7-2-3-10-38(33)57)44-48-25-31(26-49-44)53-18-20-54(21-19-53)40(59)28-52-16-13-29(14-17-52)32-8-4-9-35-41(32)61-23-22-56(35)36-11-12-39(58)50-43(36)60/h2-4,7-10,24-26,29-30,36,57H,5-6,11-23,27-28,45-47H2,1H3,(H,50,58,60)/b34-24-. The number of nitrogens with zero attached hydrogens (tertiary/aromatic N) is 8. The number of likely N-dealkylation sites (tertiary alicyclic amines) is 2. The van der Waals surface area contributed by atoms with E-state index in [-0.39, 0.29) is 41.4 Å². The number of fused-ring (bicyclic) bond motifs is 1. The highest BCUT2D eigenvalue weighted by molar-refractivity contribution is 6.02. The molecule has 1 aromatic heterocycles. The Balaban J connectivity index is 0.804. The van der Waals surface area contributed by atoms with Crippen LogP contribution in [-0.4, -0.2) is 139 Å². The molecule has 5 aliphatic heterocycles. The first-order valence-electron chi connectivity index (χ1n) is 21.5. The molecule has 0 radical (unpaired) electrons. The van der Waals surface area contributed by atoms with Gasteiger partial charge < -0.3 is 51.5 Å². The molecule has 0 bridgehead atoms. The Morgan fingerprint density at radius 1 is 0.918 bits per heavy atom. The first-order chi connectivity index (χ1) is 29.5. The molecule has 3 amide bonds. The van der Waals surface area contributed by atoms with Crippen LogP contribution >= 0.6 is 0 Å². The van der Waals surface area contributed by atoms with Crippen LogP contribution in [0.25, 0.3) is 5.70 Å². The zero-order valence-electron chi connectivity index (χ0n) is 34.9. The van der Waals surface area contributed by atoms with Crippen molar-refractivity contribution in [2.24, 2.45) is 17.2 Å². The lowest BCUT2D eigenvalue weighted by molar-refractivity contribution is -0.134. The third kappa shape index (κ3) is 9.11. The van der Waals surface area contributed by atoms with E-state index >= 15 is 0 Å². The maximum absolute atomic E-state index is 13.5. The van der Waals surface area contributed by atoms with E-state index in [1.807, 2.05) is 42.5 Å². The Bertz CT molecular complexity index is 2140. The van der Waals surface area contributed by atoms with Crippen molar-refractivity contribution in [1.29, 1.82) is 0 Å². The van der Waals surface area contributed by atoms with E-state index in [4.69, 9.17) is 31.9 Å². The maximum atomic E-state index is 13.5. The number of hydrogen-bond acceptors (Lipinski definition) is 15. The number of allylic oxidation sites excluding steroid dienone is 1. The summed E-state index contributed by atoms with van der Waals surface area (Å²) in [6.45, 7) is 7.20. The number of hydrogen-bond donors (Lipinski definition) is 5. The summed E-state index contributed by atoms with van der Waals surface area (Å²) in [5.41, 5.74) is 23.2. The van der Waals surface area contributed by atoms with E-state index < -0.39 is 0 Å².